The first-order valence-corrected chi connectivity index (χ1v) is 8.79. The first-order chi connectivity index (χ1) is 13.7. The van der Waals surface area contributed by atoms with Crippen molar-refractivity contribution in [3.05, 3.63) is 60.3 Å². The quantitative estimate of drug-likeness (QED) is 0.737. The average molecular weight is 377 g/mol. The summed E-state index contributed by atoms with van der Waals surface area (Å²) in [4.78, 5) is 22.4. The summed E-state index contributed by atoms with van der Waals surface area (Å²) >= 11 is 0. The number of ether oxygens (including phenoxy) is 2. The minimum Gasteiger partial charge on any atom is -0.493 e. The fourth-order valence-corrected chi connectivity index (χ4v) is 3.13. The van der Waals surface area contributed by atoms with Crippen molar-refractivity contribution >= 4 is 28.2 Å². The maximum atomic E-state index is 12.7. The maximum absolute atomic E-state index is 12.7. The highest BCUT2D eigenvalue weighted by atomic mass is 16.6. The van der Waals surface area contributed by atoms with Gasteiger partial charge < -0.3 is 19.6 Å². The zero-order valence-corrected chi connectivity index (χ0v) is 15.5. The van der Waals surface area contributed by atoms with Gasteiger partial charge in [-0.15, -0.1) is 0 Å². The number of carbonyl (C=O) groups is 1. The van der Waals surface area contributed by atoms with Crippen molar-refractivity contribution in [1.29, 1.82) is 0 Å². The molecule has 1 N–H and O–H groups in total. The van der Waals surface area contributed by atoms with Gasteiger partial charge >= 0.3 is 0 Å². The number of amides is 1. The molecule has 4 rings (SSSR count). The van der Waals surface area contributed by atoms with E-state index >= 15 is 0 Å². The Morgan fingerprint density at radius 2 is 1.96 bits per heavy atom. The highest BCUT2D eigenvalue weighted by molar-refractivity contribution is 6.08. The van der Waals surface area contributed by atoms with Crippen LogP contribution in [0, 0.1) is 0 Å². The van der Waals surface area contributed by atoms with Gasteiger partial charge in [0.15, 0.2) is 11.5 Å². The highest BCUT2D eigenvalue weighted by Gasteiger charge is 2.29. The number of carbonyl (C=O) groups excluding carboxylic acids is 1. The molecule has 1 atom stereocenters. The smallest absolute Gasteiger partial charge is 0.268 e. The minimum atomic E-state index is -0.699. The lowest BCUT2D eigenvalue weighted by molar-refractivity contribution is -0.125. The zero-order valence-electron chi connectivity index (χ0n) is 15.5. The Morgan fingerprint density at radius 3 is 2.79 bits per heavy atom. The normalized spacial score (nSPS) is 15.6. The van der Waals surface area contributed by atoms with Gasteiger partial charge in [-0.3, -0.25) is 9.78 Å². The minimum absolute atomic E-state index is 0.254. The van der Waals surface area contributed by atoms with E-state index in [0.717, 1.165) is 16.5 Å². The van der Waals surface area contributed by atoms with Crippen molar-refractivity contribution in [2.75, 3.05) is 19.5 Å². The van der Waals surface area contributed by atoms with Gasteiger partial charge in [-0.25, -0.2) is 0 Å². The summed E-state index contributed by atoms with van der Waals surface area (Å²) in [6.07, 6.45) is 1.39. The fraction of sp³-hybridized carbons (Fsp3) is 0.190. The van der Waals surface area contributed by atoms with Crippen LogP contribution < -0.4 is 14.8 Å². The number of nitrogens with zero attached hydrogens (tertiary/aromatic N) is 2. The monoisotopic (exact) mass is 377 g/mol. The summed E-state index contributed by atoms with van der Waals surface area (Å²) in [5.74, 6) is 0.971. The van der Waals surface area contributed by atoms with E-state index in [0.29, 0.717) is 29.3 Å². The molecular weight excluding hydrogens is 358 g/mol. The number of oxime groups is 1. The number of benzene rings is 2. The van der Waals surface area contributed by atoms with Gasteiger partial charge in [0, 0.05) is 23.6 Å². The standard InChI is InChI=1S/C21H19N3O4/c1-26-18-9-8-13(11-19(18)27-2)17-12-20(28-24-17)21(25)23-16-7-3-6-15-14(16)5-4-10-22-15/h3-11,20H,12H2,1-2H3,(H,23,25)/t20-/m1/s1. The number of anilines is 1. The summed E-state index contributed by atoms with van der Waals surface area (Å²) in [6, 6.07) is 14.8. The molecule has 0 aliphatic carbocycles. The first kappa shape index (κ1) is 17.8. The highest BCUT2D eigenvalue weighted by Crippen LogP contribution is 2.30. The van der Waals surface area contributed by atoms with Crippen molar-refractivity contribution in [2.45, 2.75) is 12.5 Å². The molecule has 142 valence electrons. The van der Waals surface area contributed by atoms with Crippen LogP contribution in [0.15, 0.2) is 59.9 Å². The first-order valence-electron chi connectivity index (χ1n) is 8.79. The predicted octanol–water partition coefficient (Wildman–Crippen LogP) is 3.38. The van der Waals surface area contributed by atoms with Crippen LogP contribution in [0.25, 0.3) is 10.9 Å². The van der Waals surface area contributed by atoms with E-state index in [-0.39, 0.29) is 5.91 Å². The molecule has 0 radical (unpaired) electrons. The topological polar surface area (TPSA) is 82.0 Å². The van der Waals surface area contributed by atoms with E-state index in [4.69, 9.17) is 14.3 Å². The molecule has 0 saturated heterocycles. The molecule has 0 saturated carbocycles. The van der Waals surface area contributed by atoms with Gasteiger partial charge in [0.05, 0.1) is 31.1 Å². The number of rotatable bonds is 5. The third-order valence-electron chi connectivity index (χ3n) is 4.58. The third kappa shape index (κ3) is 3.34. The number of aromatic nitrogens is 1. The van der Waals surface area contributed by atoms with Gasteiger partial charge in [-0.2, -0.15) is 0 Å². The Balaban J connectivity index is 1.48. The van der Waals surface area contributed by atoms with Crippen LogP contribution in [0.1, 0.15) is 12.0 Å². The number of methoxy groups -OCH3 is 2. The molecule has 28 heavy (non-hydrogen) atoms. The molecule has 2 aromatic carbocycles. The van der Waals surface area contributed by atoms with Crippen LogP contribution in [0.4, 0.5) is 5.69 Å². The van der Waals surface area contributed by atoms with Crippen molar-refractivity contribution in [3.63, 3.8) is 0 Å². The second-order valence-corrected chi connectivity index (χ2v) is 6.27. The van der Waals surface area contributed by atoms with Crippen LogP contribution in [0.2, 0.25) is 0 Å². The Kier molecular flexibility index (Phi) is 4.80. The van der Waals surface area contributed by atoms with Crippen molar-refractivity contribution in [3.8, 4) is 11.5 Å². The number of hydrogen-bond acceptors (Lipinski definition) is 6. The Morgan fingerprint density at radius 1 is 1.11 bits per heavy atom. The molecule has 2 heterocycles. The van der Waals surface area contributed by atoms with Crippen LogP contribution in [0.3, 0.4) is 0 Å². The van der Waals surface area contributed by atoms with E-state index in [1.807, 2.05) is 42.5 Å². The molecule has 1 aliphatic rings. The van der Waals surface area contributed by atoms with E-state index in [9.17, 15) is 4.79 Å². The largest absolute Gasteiger partial charge is 0.493 e. The predicted molar refractivity (Wildman–Crippen MR) is 106 cm³/mol. The molecule has 1 aromatic heterocycles. The summed E-state index contributed by atoms with van der Waals surface area (Å²) in [6.45, 7) is 0. The van der Waals surface area contributed by atoms with E-state index < -0.39 is 6.10 Å². The van der Waals surface area contributed by atoms with Crippen molar-refractivity contribution in [1.82, 2.24) is 4.98 Å². The van der Waals surface area contributed by atoms with E-state index in [1.54, 1.807) is 26.5 Å². The summed E-state index contributed by atoms with van der Waals surface area (Å²) in [5.41, 5.74) is 3.01. The zero-order chi connectivity index (χ0) is 19.5. The van der Waals surface area contributed by atoms with Gasteiger partial charge in [0.25, 0.3) is 5.91 Å². The second-order valence-electron chi connectivity index (χ2n) is 6.27. The van der Waals surface area contributed by atoms with Crippen LogP contribution in [-0.2, 0) is 9.63 Å². The van der Waals surface area contributed by atoms with Crippen molar-refractivity contribution < 1.29 is 19.1 Å². The lowest BCUT2D eigenvalue weighted by Gasteiger charge is -2.11. The lowest BCUT2D eigenvalue weighted by Crippen LogP contribution is -2.28. The van der Waals surface area contributed by atoms with Gasteiger partial charge in [-0.1, -0.05) is 11.2 Å². The Bertz CT molecular complexity index is 1060. The van der Waals surface area contributed by atoms with Gasteiger partial charge in [-0.05, 0) is 42.5 Å². The lowest BCUT2D eigenvalue weighted by atomic mass is 10.0. The van der Waals surface area contributed by atoms with Gasteiger partial charge in [0.2, 0.25) is 6.10 Å². The summed E-state index contributed by atoms with van der Waals surface area (Å²) in [5, 5.41) is 7.88. The molecule has 0 fully saturated rings. The summed E-state index contributed by atoms with van der Waals surface area (Å²) in [7, 11) is 3.15. The Hall–Kier alpha value is -3.61. The molecule has 0 unspecified atom stereocenters. The molecule has 0 spiro atoms. The Labute approximate surface area is 161 Å². The maximum Gasteiger partial charge on any atom is 0.268 e. The van der Waals surface area contributed by atoms with Crippen molar-refractivity contribution in [2.24, 2.45) is 5.16 Å². The molecule has 1 aliphatic heterocycles. The molecular formula is C21H19N3O4. The average Bonchev–Trinajstić information content (AvgIpc) is 3.24. The van der Waals surface area contributed by atoms with Crippen LogP contribution in [0.5, 0.6) is 11.5 Å². The van der Waals surface area contributed by atoms with Gasteiger partial charge in [0.1, 0.15) is 0 Å². The number of pyridine rings is 1. The van der Waals surface area contributed by atoms with Crippen LogP contribution in [-0.4, -0.2) is 36.9 Å². The van der Waals surface area contributed by atoms with E-state index in [2.05, 4.69) is 15.5 Å². The fourth-order valence-electron chi connectivity index (χ4n) is 3.13. The SMILES string of the molecule is COc1ccc(C2=NO[C@@H](C(=O)Nc3cccc4ncccc34)C2)cc1OC. The number of hydrogen-bond donors (Lipinski definition) is 1. The van der Waals surface area contributed by atoms with Crippen LogP contribution >= 0.6 is 0 Å². The van der Waals surface area contributed by atoms with E-state index in [1.165, 1.54) is 0 Å². The molecule has 3 aromatic rings. The number of fused-ring (bicyclic) bond motifs is 1. The molecule has 7 heteroatoms. The molecule has 7 nitrogen and oxygen atoms in total. The number of nitrogens with one attached hydrogen (secondary N) is 1. The second kappa shape index (κ2) is 7.56. The molecule has 0 bridgehead atoms. The third-order valence-corrected chi connectivity index (χ3v) is 4.58. The molecule has 1 amide bonds. The summed E-state index contributed by atoms with van der Waals surface area (Å²) < 4.78 is 10.6.